The molecule has 0 heterocycles. The van der Waals surface area contributed by atoms with E-state index in [0.717, 1.165) is 0 Å². The van der Waals surface area contributed by atoms with Crippen molar-refractivity contribution in [3.8, 4) is 5.75 Å². The minimum atomic E-state index is -1.08. The Labute approximate surface area is 103 Å². The van der Waals surface area contributed by atoms with Crippen molar-refractivity contribution in [1.82, 2.24) is 5.32 Å². The van der Waals surface area contributed by atoms with Crippen molar-refractivity contribution in [1.29, 1.82) is 0 Å². The zero-order valence-electron chi connectivity index (χ0n) is 10.1. The van der Waals surface area contributed by atoms with E-state index in [1.165, 1.54) is 0 Å². The normalized spacial score (nSPS) is 10.7. The highest BCUT2D eigenvalue weighted by Gasteiger charge is 2.18. The maximum Gasteiger partial charge on any atom is 0.275 e. The Balaban J connectivity index is 2.69. The molecule has 5 nitrogen and oxygen atoms in total. The van der Waals surface area contributed by atoms with Crippen molar-refractivity contribution in [2.75, 3.05) is 13.2 Å². The summed E-state index contributed by atoms with van der Waals surface area (Å²) < 4.78 is 31.7. The molecule has 1 N–H and O–H groups in total. The number of nitrogens with one attached hydrogen (secondary N) is 1. The summed E-state index contributed by atoms with van der Waals surface area (Å²) in [5.41, 5.74) is -0.641. The first-order valence-corrected chi connectivity index (χ1v) is 5.41. The summed E-state index contributed by atoms with van der Waals surface area (Å²) in [6, 6.07) is 1.50. The number of nitrogens with zero attached hydrogens (tertiary/aromatic N) is 1. The maximum absolute atomic E-state index is 13.4. The minimum Gasteiger partial charge on any atom is -0.486 e. The summed E-state index contributed by atoms with van der Waals surface area (Å²) in [5.74, 6) is -2.75. The van der Waals surface area contributed by atoms with Gasteiger partial charge in [-0.2, -0.15) is 0 Å². The predicted octanol–water partition coefficient (Wildman–Crippen LogP) is 2.25. The van der Waals surface area contributed by atoms with Gasteiger partial charge in [0, 0.05) is 12.6 Å². The molecule has 0 aliphatic rings. The van der Waals surface area contributed by atoms with Crippen molar-refractivity contribution in [2.45, 2.75) is 19.9 Å². The molecule has 0 saturated carbocycles. The summed E-state index contributed by atoms with van der Waals surface area (Å²) >= 11 is 0. The van der Waals surface area contributed by atoms with Gasteiger partial charge >= 0.3 is 0 Å². The third kappa shape index (κ3) is 3.92. The van der Waals surface area contributed by atoms with Gasteiger partial charge in [0.1, 0.15) is 6.61 Å². The molecule has 0 radical (unpaired) electrons. The molecule has 0 unspecified atom stereocenters. The van der Waals surface area contributed by atoms with Gasteiger partial charge in [0.25, 0.3) is 5.69 Å². The number of halogens is 2. The van der Waals surface area contributed by atoms with Gasteiger partial charge in [-0.3, -0.25) is 10.1 Å². The monoisotopic (exact) mass is 260 g/mol. The molecule has 7 heteroatoms. The van der Waals surface area contributed by atoms with Crippen LogP contribution in [0.25, 0.3) is 0 Å². The molecule has 0 amide bonds. The number of hydrogen-bond acceptors (Lipinski definition) is 4. The van der Waals surface area contributed by atoms with Crippen LogP contribution >= 0.6 is 0 Å². The highest BCUT2D eigenvalue weighted by molar-refractivity contribution is 5.39. The molecule has 100 valence electrons. The quantitative estimate of drug-likeness (QED) is 0.484. The number of nitro benzene ring substituents is 1. The van der Waals surface area contributed by atoms with Crippen LogP contribution in [0.5, 0.6) is 5.75 Å². The molecule has 0 bridgehead atoms. The molecule has 0 aromatic heterocycles. The van der Waals surface area contributed by atoms with Gasteiger partial charge in [-0.05, 0) is 0 Å². The van der Waals surface area contributed by atoms with Gasteiger partial charge in [-0.25, -0.2) is 8.78 Å². The molecule has 0 aliphatic carbocycles. The first kappa shape index (κ1) is 14.3. The van der Waals surface area contributed by atoms with Crippen LogP contribution in [0.4, 0.5) is 14.5 Å². The lowest BCUT2D eigenvalue weighted by Gasteiger charge is -2.10. The number of ether oxygens (including phenoxy) is 1. The molecule has 0 fully saturated rings. The Morgan fingerprint density at radius 1 is 1.39 bits per heavy atom. The van der Waals surface area contributed by atoms with Crippen molar-refractivity contribution >= 4 is 5.69 Å². The lowest BCUT2D eigenvalue weighted by molar-refractivity contribution is -0.385. The fourth-order valence-electron chi connectivity index (χ4n) is 1.29. The summed E-state index contributed by atoms with van der Waals surface area (Å²) in [4.78, 5) is 9.51. The van der Waals surface area contributed by atoms with Crippen LogP contribution < -0.4 is 10.1 Å². The molecule has 0 atom stereocenters. The average Bonchev–Trinajstić information content (AvgIpc) is 2.26. The lowest BCUT2D eigenvalue weighted by atomic mass is 10.3. The first-order valence-electron chi connectivity index (χ1n) is 5.41. The molecule has 1 aromatic rings. The van der Waals surface area contributed by atoms with Crippen LogP contribution in [0.2, 0.25) is 0 Å². The first-order chi connectivity index (χ1) is 8.41. The average molecular weight is 260 g/mol. The van der Waals surface area contributed by atoms with E-state index in [1.54, 1.807) is 0 Å². The zero-order valence-corrected chi connectivity index (χ0v) is 10.1. The second kappa shape index (κ2) is 6.25. The van der Waals surface area contributed by atoms with Crippen LogP contribution in [0, 0.1) is 21.7 Å². The number of rotatable bonds is 6. The Morgan fingerprint density at radius 2 is 1.94 bits per heavy atom. The highest BCUT2D eigenvalue weighted by Crippen LogP contribution is 2.26. The molecule has 0 saturated heterocycles. The molecule has 0 aliphatic heterocycles. The van der Waals surface area contributed by atoms with E-state index in [1.807, 2.05) is 13.8 Å². The van der Waals surface area contributed by atoms with Gasteiger partial charge in [0.15, 0.2) is 17.4 Å². The van der Waals surface area contributed by atoms with Crippen molar-refractivity contribution in [2.24, 2.45) is 0 Å². The number of nitro groups is 1. The molecular weight excluding hydrogens is 246 g/mol. The SMILES string of the molecule is CC(C)NCCOc1c(F)cc([N+](=O)[O-])cc1F. The molecule has 18 heavy (non-hydrogen) atoms. The smallest absolute Gasteiger partial charge is 0.275 e. The van der Waals surface area contributed by atoms with E-state index in [2.05, 4.69) is 5.32 Å². The minimum absolute atomic E-state index is 0.0732. The molecule has 0 spiro atoms. The summed E-state index contributed by atoms with van der Waals surface area (Å²) in [6.45, 7) is 4.34. The van der Waals surface area contributed by atoms with E-state index in [9.17, 15) is 18.9 Å². The molecular formula is C11H14F2N2O3. The van der Waals surface area contributed by atoms with Gasteiger partial charge in [-0.1, -0.05) is 13.8 Å². The molecule has 1 rings (SSSR count). The largest absolute Gasteiger partial charge is 0.486 e. The van der Waals surface area contributed by atoms with E-state index in [0.29, 0.717) is 18.7 Å². The lowest BCUT2D eigenvalue weighted by Crippen LogP contribution is -2.27. The van der Waals surface area contributed by atoms with E-state index in [4.69, 9.17) is 4.74 Å². The van der Waals surface area contributed by atoms with Crippen LogP contribution in [-0.4, -0.2) is 24.1 Å². The summed E-state index contributed by atoms with van der Waals surface area (Å²) in [7, 11) is 0. The summed E-state index contributed by atoms with van der Waals surface area (Å²) in [6.07, 6.45) is 0. The second-order valence-electron chi connectivity index (χ2n) is 3.95. The third-order valence-electron chi connectivity index (χ3n) is 2.09. The number of benzene rings is 1. The van der Waals surface area contributed by atoms with Crippen LogP contribution in [0.15, 0.2) is 12.1 Å². The summed E-state index contributed by atoms with van der Waals surface area (Å²) in [5, 5.41) is 13.4. The molecule has 1 aromatic carbocycles. The standard InChI is InChI=1S/C11H14F2N2O3/c1-7(2)14-3-4-18-11-9(12)5-8(15(16)17)6-10(11)13/h5-7,14H,3-4H2,1-2H3. The van der Waals surface area contributed by atoms with Crippen LogP contribution in [0.1, 0.15) is 13.8 Å². The van der Waals surface area contributed by atoms with E-state index in [-0.39, 0.29) is 12.6 Å². The number of non-ortho nitro benzene ring substituents is 1. The van der Waals surface area contributed by atoms with E-state index >= 15 is 0 Å². The Bertz CT molecular complexity index is 415. The Kier molecular flexibility index (Phi) is 4.96. The third-order valence-corrected chi connectivity index (χ3v) is 2.09. The predicted molar refractivity (Wildman–Crippen MR) is 61.6 cm³/mol. The van der Waals surface area contributed by atoms with Crippen LogP contribution in [0.3, 0.4) is 0 Å². The van der Waals surface area contributed by atoms with Crippen molar-refractivity contribution < 1.29 is 18.4 Å². The van der Waals surface area contributed by atoms with Crippen LogP contribution in [-0.2, 0) is 0 Å². The highest BCUT2D eigenvalue weighted by atomic mass is 19.1. The topological polar surface area (TPSA) is 64.4 Å². The second-order valence-corrected chi connectivity index (χ2v) is 3.95. The van der Waals surface area contributed by atoms with Gasteiger partial charge in [0.05, 0.1) is 17.1 Å². The van der Waals surface area contributed by atoms with Crippen molar-refractivity contribution in [3.63, 3.8) is 0 Å². The van der Waals surface area contributed by atoms with Crippen molar-refractivity contribution in [3.05, 3.63) is 33.9 Å². The zero-order chi connectivity index (χ0) is 13.7. The van der Waals surface area contributed by atoms with Gasteiger partial charge in [-0.15, -0.1) is 0 Å². The van der Waals surface area contributed by atoms with Gasteiger partial charge in [0.2, 0.25) is 0 Å². The fourth-order valence-corrected chi connectivity index (χ4v) is 1.29. The number of hydrogen-bond donors (Lipinski definition) is 1. The maximum atomic E-state index is 13.4. The van der Waals surface area contributed by atoms with E-state index < -0.39 is 28.0 Å². The Morgan fingerprint density at radius 3 is 2.39 bits per heavy atom. The van der Waals surface area contributed by atoms with Gasteiger partial charge < -0.3 is 10.1 Å². The Hall–Kier alpha value is -1.76. The fraction of sp³-hybridized carbons (Fsp3) is 0.455.